The van der Waals surface area contributed by atoms with Gasteiger partial charge < -0.3 is 9.88 Å². The predicted octanol–water partition coefficient (Wildman–Crippen LogP) is 4.84. The van der Waals surface area contributed by atoms with E-state index >= 15 is 0 Å². The first-order chi connectivity index (χ1) is 17.8. The molecule has 0 spiro atoms. The van der Waals surface area contributed by atoms with Gasteiger partial charge in [-0.05, 0) is 53.1 Å². The number of rotatable bonds is 7. The van der Waals surface area contributed by atoms with Crippen LogP contribution in [-0.4, -0.2) is 34.6 Å². The molecule has 0 aliphatic rings. The summed E-state index contributed by atoms with van der Waals surface area (Å²) >= 11 is 0. The second kappa shape index (κ2) is 9.90. The van der Waals surface area contributed by atoms with Crippen molar-refractivity contribution in [2.24, 2.45) is 0 Å². The number of nitrogens with zero attached hydrogens (tertiary/aromatic N) is 3. The predicted molar refractivity (Wildman–Crippen MR) is 136 cm³/mol. The van der Waals surface area contributed by atoms with E-state index in [1.54, 1.807) is 24.5 Å². The number of sulfone groups is 1. The van der Waals surface area contributed by atoms with E-state index in [4.69, 9.17) is 0 Å². The topological polar surface area (TPSA) is 94.0 Å². The average Bonchev–Trinajstić information content (AvgIpc) is 3.24. The molecule has 0 unspecified atom stereocenters. The lowest BCUT2D eigenvalue weighted by molar-refractivity contribution is -0.113. The summed E-state index contributed by atoms with van der Waals surface area (Å²) in [5, 5.41) is 2.15. The van der Waals surface area contributed by atoms with E-state index in [2.05, 4.69) is 15.3 Å². The highest BCUT2D eigenvalue weighted by atomic mass is 32.2. The van der Waals surface area contributed by atoms with E-state index in [0.717, 1.165) is 22.8 Å². The van der Waals surface area contributed by atoms with Crippen molar-refractivity contribution in [1.82, 2.24) is 14.5 Å². The number of benzene rings is 2. The highest BCUT2D eigenvalue weighted by molar-refractivity contribution is 7.92. The first-order valence-corrected chi connectivity index (χ1v) is 12.9. The van der Waals surface area contributed by atoms with Crippen molar-refractivity contribution < 1.29 is 22.0 Å². The van der Waals surface area contributed by atoms with E-state index in [1.807, 2.05) is 36.4 Å². The summed E-state index contributed by atoms with van der Waals surface area (Å²) in [5.74, 6) is -3.44. The van der Waals surface area contributed by atoms with Gasteiger partial charge in [0.05, 0.1) is 15.8 Å². The highest BCUT2D eigenvalue weighted by Gasteiger charge is 2.27. The van der Waals surface area contributed by atoms with Crippen LogP contribution in [0.4, 0.5) is 14.6 Å². The summed E-state index contributed by atoms with van der Waals surface area (Å²) in [4.78, 5) is 20.0. The standard InChI is InChI=1S/C27H20F2N4O3S/c28-21-13-22(29)27-23(14-21)33(15-18-4-3-5-20(12-18)19-7-10-30-11-8-19)16-24(27)37(35,36)17-26(34)32-25-6-1-2-9-31-25/h1-14,16H,15,17H2,(H,31,32,34). The quantitative estimate of drug-likeness (QED) is 0.333. The molecule has 2 aromatic carbocycles. The molecule has 0 bridgehead atoms. The Morgan fingerprint density at radius 3 is 2.49 bits per heavy atom. The molecule has 0 saturated carbocycles. The number of pyridine rings is 2. The van der Waals surface area contributed by atoms with Crippen molar-refractivity contribution in [3.8, 4) is 11.1 Å². The van der Waals surface area contributed by atoms with Crippen molar-refractivity contribution in [2.75, 3.05) is 11.1 Å². The van der Waals surface area contributed by atoms with Gasteiger partial charge in [0.15, 0.2) is 9.84 Å². The van der Waals surface area contributed by atoms with Gasteiger partial charge in [0, 0.05) is 37.4 Å². The lowest BCUT2D eigenvalue weighted by Gasteiger charge is -2.08. The third-order valence-electron chi connectivity index (χ3n) is 5.75. The van der Waals surface area contributed by atoms with Gasteiger partial charge in [0.25, 0.3) is 0 Å². The first-order valence-electron chi connectivity index (χ1n) is 11.2. The Hall–Kier alpha value is -4.44. The Labute approximate surface area is 211 Å². The Balaban J connectivity index is 1.51. The zero-order valence-electron chi connectivity index (χ0n) is 19.3. The third-order valence-corrected chi connectivity index (χ3v) is 7.37. The molecule has 0 fully saturated rings. The molecule has 0 saturated heterocycles. The SMILES string of the molecule is O=C(CS(=O)(=O)c1cn(Cc2cccc(-c3ccncc3)c2)c2cc(F)cc(F)c12)Nc1ccccn1. The minimum Gasteiger partial charge on any atom is -0.342 e. The minimum absolute atomic E-state index is 0.0653. The monoisotopic (exact) mass is 518 g/mol. The van der Waals surface area contributed by atoms with Crippen LogP contribution in [0.3, 0.4) is 0 Å². The molecule has 0 atom stereocenters. The van der Waals surface area contributed by atoms with Crippen LogP contribution in [0, 0.1) is 11.6 Å². The number of carbonyl (C=O) groups excluding carboxylic acids is 1. The fourth-order valence-corrected chi connectivity index (χ4v) is 5.50. The second-order valence-electron chi connectivity index (χ2n) is 8.36. The summed E-state index contributed by atoms with van der Waals surface area (Å²) in [6.07, 6.45) is 6.04. The zero-order valence-corrected chi connectivity index (χ0v) is 20.1. The maximum Gasteiger partial charge on any atom is 0.241 e. The molecule has 0 aliphatic heterocycles. The van der Waals surface area contributed by atoms with Crippen molar-refractivity contribution >= 4 is 32.5 Å². The molecule has 0 aliphatic carbocycles. The van der Waals surface area contributed by atoms with Gasteiger partial charge in [0.1, 0.15) is 23.2 Å². The van der Waals surface area contributed by atoms with E-state index in [0.29, 0.717) is 6.07 Å². The summed E-state index contributed by atoms with van der Waals surface area (Å²) in [5.41, 5.74) is 2.70. The van der Waals surface area contributed by atoms with Gasteiger partial charge in [-0.15, -0.1) is 0 Å². The Bertz CT molecular complexity index is 1710. The number of anilines is 1. The van der Waals surface area contributed by atoms with Crippen molar-refractivity contribution in [2.45, 2.75) is 11.4 Å². The van der Waals surface area contributed by atoms with E-state index in [1.165, 1.54) is 23.0 Å². The molecular weight excluding hydrogens is 498 g/mol. The lowest BCUT2D eigenvalue weighted by atomic mass is 10.0. The molecule has 7 nitrogen and oxygen atoms in total. The Morgan fingerprint density at radius 1 is 0.919 bits per heavy atom. The molecular formula is C27H20F2N4O3S. The molecule has 186 valence electrons. The van der Waals surface area contributed by atoms with Crippen molar-refractivity contribution in [3.63, 3.8) is 0 Å². The minimum atomic E-state index is -4.29. The van der Waals surface area contributed by atoms with Crippen LogP contribution >= 0.6 is 0 Å². The number of hydrogen-bond donors (Lipinski definition) is 1. The van der Waals surface area contributed by atoms with Crippen LogP contribution in [0.15, 0.2) is 96.4 Å². The van der Waals surface area contributed by atoms with Crippen LogP contribution in [0.2, 0.25) is 0 Å². The molecule has 1 N–H and O–H groups in total. The van der Waals surface area contributed by atoms with E-state index in [9.17, 15) is 22.0 Å². The number of halogens is 2. The van der Waals surface area contributed by atoms with Gasteiger partial charge in [0.2, 0.25) is 5.91 Å². The van der Waals surface area contributed by atoms with Crippen molar-refractivity contribution in [1.29, 1.82) is 0 Å². The Kier molecular flexibility index (Phi) is 6.49. The van der Waals surface area contributed by atoms with Crippen LogP contribution in [-0.2, 0) is 21.2 Å². The zero-order chi connectivity index (χ0) is 26.0. The fraction of sp³-hybridized carbons (Fsp3) is 0.0741. The van der Waals surface area contributed by atoms with Crippen LogP contribution in [0.25, 0.3) is 22.0 Å². The maximum atomic E-state index is 14.9. The number of aromatic nitrogens is 3. The van der Waals surface area contributed by atoms with Gasteiger partial charge in [-0.1, -0.05) is 24.3 Å². The summed E-state index contributed by atoms with van der Waals surface area (Å²) in [7, 11) is -4.29. The highest BCUT2D eigenvalue weighted by Crippen LogP contribution is 2.31. The van der Waals surface area contributed by atoms with Crippen LogP contribution in [0.1, 0.15) is 5.56 Å². The summed E-state index contributed by atoms with van der Waals surface area (Å²) in [6, 6.07) is 17.7. The number of hydrogen-bond acceptors (Lipinski definition) is 5. The molecule has 5 rings (SSSR count). The summed E-state index contributed by atoms with van der Waals surface area (Å²) in [6.45, 7) is 0.147. The number of fused-ring (bicyclic) bond motifs is 1. The number of amides is 1. The largest absolute Gasteiger partial charge is 0.342 e. The average molecular weight is 519 g/mol. The van der Waals surface area contributed by atoms with Gasteiger partial charge in [-0.3, -0.25) is 9.78 Å². The number of nitrogens with one attached hydrogen (secondary N) is 1. The van der Waals surface area contributed by atoms with Gasteiger partial charge >= 0.3 is 0 Å². The fourth-order valence-electron chi connectivity index (χ4n) is 4.13. The molecule has 3 aromatic heterocycles. The first kappa shape index (κ1) is 24.3. The van der Waals surface area contributed by atoms with Crippen molar-refractivity contribution in [3.05, 3.63) is 109 Å². The van der Waals surface area contributed by atoms with Gasteiger partial charge in [-0.2, -0.15) is 0 Å². The normalized spacial score (nSPS) is 11.5. The van der Waals surface area contributed by atoms with E-state index in [-0.39, 0.29) is 28.2 Å². The van der Waals surface area contributed by atoms with Crippen LogP contribution in [0.5, 0.6) is 0 Å². The van der Waals surface area contributed by atoms with Gasteiger partial charge in [-0.25, -0.2) is 22.2 Å². The smallest absolute Gasteiger partial charge is 0.241 e. The summed E-state index contributed by atoms with van der Waals surface area (Å²) < 4.78 is 57.0. The molecule has 1 amide bonds. The Morgan fingerprint density at radius 2 is 1.73 bits per heavy atom. The lowest BCUT2D eigenvalue weighted by Crippen LogP contribution is -2.23. The molecule has 37 heavy (non-hydrogen) atoms. The molecule has 10 heteroatoms. The van der Waals surface area contributed by atoms with Crippen LogP contribution < -0.4 is 5.32 Å². The molecule has 0 radical (unpaired) electrons. The molecule has 3 heterocycles. The second-order valence-corrected chi connectivity index (χ2v) is 10.3. The third kappa shape index (κ3) is 5.24. The maximum absolute atomic E-state index is 14.9. The van der Waals surface area contributed by atoms with E-state index < -0.39 is 33.1 Å². The molecule has 5 aromatic rings. The number of carbonyl (C=O) groups is 1.